The molecule has 0 radical (unpaired) electrons. The Morgan fingerprint density at radius 2 is 1.85 bits per heavy atom. The Balaban J connectivity index is 0.00000364. The highest BCUT2D eigenvalue weighted by atomic mass is 127. The van der Waals surface area contributed by atoms with Gasteiger partial charge in [0, 0.05) is 33.4 Å². The van der Waals surface area contributed by atoms with Crippen LogP contribution in [0.2, 0.25) is 0 Å². The summed E-state index contributed by atoms with van der Waals surface area (Å²) in [6.07, 6.45) is 4.46. The van der Waals surface area contributed by atoms with Gasteiger partial charge in [-0.25, -0.2) is 0 Å². The summed E-state index contributed by atoms with van der Waals surface area (Å²) >= 11 is 0. The summed E-state index contributed by atoms with van der Waals surface area (Å²) in [6.45, 7) is 6.76. The van der Waals surface area contributed by atoms with E-state index in [1.807, 2.05) is 12.1 Å². The first-order valence-corrected chi connectivity index (χ1v) is 9.61. The van der Waals surface area contributed by atoms with Crippen molar-refractivity contribution in [2.75, 3.05) is 46.6 Å². The average Bonchev–Trinajstić information content (AvgIpc) is 3.17. The molecule has 1 saturated heterocycles. The van der Waals surface area contributed by atoms with Crippen molar-refractivity contribution in [3.05, 3.63) is 29.8 Å². The molecule has 7 heteroatoms. The molecule has 0 bridgehead atoms. The third-order valence-electron chi connectivity index (χ3n) is 4.21. The first-order chi connectivity index (χ1) is 12.8. The topological polar surface area (TPSA) is 64.1 Å². The molecule has 1 heterocycles. The van der Waals surface area contributed by atoms with Gasteiger partial charge in [0.05, 0.1) is 19.3 Å². The number of aryl methyl sites for hydroxylation is 1. The molecule has 1 aliphatic heterocycles. The minimum atomic E-state index is 0. The summed E-state index contributed by atoms with van der Waals surface area (Å²) in [5, 5.41) is 6.60. The molecule has 2 N–H and O–H groups in total. The lowest BCUT2D eigenvalue weighted by Gasteiger charge is -2.13. The van der Waals surface area contributed by atoms with Crippen molar-refractivity contribution in [2.24, 2.45) is 4.99 Å². The molecular weight excluding hydrogens is 457 g/mol. The van der Waals surface area contributed by atoms with Crippen molar-refractivity contribution in [1.82, 2.24) is 10.6 Å². The van der Waals surface area contributed by atoms with Crippen molar-refractivity contribution >= 4 is 29.9 Å². The summed E-state index contributed by atoms with van der Waals surface area (Å²) < 4.78 is 16.9. The maximum Gasteiger partial charge on any atom is 0.190 e. The van der Waals surface area contributed by atoms with Crippen LogP contribution >= 0.6 is 24.0 Å². The van der Waals surface area contributed by atoms with E-state index in [9.17, 15) is 0 Å². The van der Waals surface area contributed by atoms with E-state index < -0.39 is 0 Å². The Kier molecular flexibility index (Phi) is 13.3. The number of nitrogens with one attached hydrogen (secondary N) is 2. The number of benzene rings is 1. The standard InChI is InChI=1S/C20H33N3O3.HI/c1-17-7-9-18(10-8-17)25-15-5-12-23-20(21-2)22-11-4-13-24-16-19-6-3-14-26-19;/h7-10,19H,3-6,11-16H2,1-2H3,(H2,21,22,23);1H. The zero-order chi connectivity index (χ0) is 18.5. The van der Waals surface area contributed by atoms with Gasteiger partial charge in [0.2, 0.25) is 0 Å². The van der Waals surface area contributed by atoms with Crippen molar-refractivity contribution in [2.45, 2.75) is 38.7 Å². The Morgan fingerprint density at radius 1 is 1.15 bits per heavy atom. The lowest BCUT2D eigenvalue weighted by Crippen LogP contribution is -2.38. The molecule has 27 heavy (non-hydrogen) atoms. The predicted molar refractivity (Wildman–Crippen MR) is 120 cm³/mol. The lowest BCUT2D eigenvalue weighted by atomic mass is 10.2. The van der Waals surface area contributed by atoms with E-state index in [1.165, 1.54) is 5.56 Å². The summed E-state index contributed by atoms with van der Waals surface area (Å²) in [6, 6.07) is 8.13. The van der Waals surface area contributed by atoms with Gasteiger partial charge in [-0.1, -0.05) is 17.7 Å². The van der Waals surface area contributed by atoms with Gasteiger partial charge in [-0.15, -0.1) is 24.0 Å². The molecule has 1 atom stereocenters. The van der Waals surface area contributed by atoms with Crippen LogP contribution in [0.15, 0.2) is 29.3 Å². The molecule has 1 fully saturated rings. The Morgan fingerprint density at radius 3 is 2.48 bits per heavy atom. The second-order valence-electron chi connectivity index (χ2n) is 6.50. The molecule has 0 spiro atoms. The molecule has 1 aliphatic rings. The van der Waals surface area contributed by atoms with Gasteiger partial charge < -0.3 is 24.8 Å². The zero-order valence-electron chi connectivity index (χ0n) is 16.5. The molecule has 6 nitrogen and oxygen atoms in total. The van der Waals surface area contributed by atoms with Crippen LogP contribution in [0.3, 0.4) is 0 Å². The van der Waals surface area contributed by atoms with Gasteiger partial charge in [0.15, 0.2) is 5.96 Å². The SMILES string of the molecule is CN=C(NCCCOCC1CCCO1)NCCCOc1ccc(C)cc1.I. The van der Waals surface area contributed by atoms with Crippen molar-refractivity contribution in [3.8, 4) is 5.75 Å². The fraction of sp³-hybridized carbons (Fsp3) is 0.650. The van der Waals surface area contributed by atoms with Gasteiger partial charge in [-0.05, 0) is 44.7 Å². The summed E-state index contributed by atoms with van der Waals surface area (Å²) in [7, 11) is 1.78. The minimum absolute atomic E-state index is 0. The molecule has 0 amide bonds. The van der Waals surface area contributed by atoms with Crippen LogP contribution in [0.4, 0.5) is 0 Å². The number of guanidine groups is 1. The van der Waals surface area contributed by atoms with Gasteiger partial charge in [-0.3, -0.25) is 4.99 Å². The maximum absolute atomic E-state index is 5.72. The highest BCUT2D eigenvalue weighted by Gasteiger charge is 2.14. The van der Waals surface area contributed by atoms with E-state index in [0.29, 0.717) is 19.3 Å². The fourth-order valence-electron chi connectivity index (χ4n) is 2.70. The average molecular weight is 491 g/mol. The number of hydrogen-bond acceptors (Lipinski definition) is 4. The van der Waals surface area contributed by atoms with Crippen LogP contribution in [0, 0.1) is 6.92 Å². The van der Waals surface area contributed by atoms with E-state index >= 15 is 0 Å². The second kappa shape index (κ2) is 14.9. The predicted octanol–water partition coefficient (Wildman–Crippen LogP) is 3.13. The Hall–Kier alpha value is -1.06. The number of nitrogens with zero attached hydrogens (tertiary/aromatic N) is 1. The Bertz CT molecular complexity index is 520. The monoisotopic (exact) mass is 491 g/mol. The summed E-state index contributed by atoms with van der Waals surface area (Å²) in [5.74, 6) is 1.74. The maximum atomic E-state index is 5.72. The molecule has 1 aromatic rings. The summed E-state index contributed by atoms with van der Waals surface area (Å²) in [4.78, 5) is 4.23. The number of aliphatic imine (C=N–C) groups is 1. The van der Waals surface area contributed by atoms with Gasteiger partial charge in [0.1, 0.15) is 5.75 Å². The van der Waals surface area contributed by atoms with Crippen LogP contribution in [0.25, 0.3) is 0 Å². The van der Waals surface area contributed by atoms with E-state index in [1.54, 1.807) is 7.05 Å². The molecule has 1 aromatic carbocycles. The first-order valence-electron chi connectivity index (χ1n) is 9.61. The van der Waals surface area contributed by atoms with Gasteiger partial charge in [0.25, 0.3) is 0 Å². The number of rotatable bonds is 11. The Labute approximate surface area is 180 Å². The highest BCUT2D eigenvalue weighted by Crippen LogP contribution is 2.12. The van der Waals surface area contributed by atoms with Gasteiger partial charge >= 0.3 is 0 Å². The highest BCUT2D eigenvalue weighted by molar-refractivity contribution is 14.0. The molecule has 0 aliphatic carbocycles. The van der Waals surface area contributed by atoms with E-state index in [-0.39, 0.29) is 24.0 Å². The van der Waals surface area contributed by atoms with E-state index in [0.717, 1.165) is 63.7 Å². The van der Waals surface area contributed by atoms with Crippen molar-refractivity contribution in [1.29, 1.82) is 0 Å². The molecule has 0 aromatic heterocycles. The largest absolute Gasteiger partial charge is 0.494 e. The second-order valence-corrected chi connectivity index (χ2v) is 6.50. The van der Waals surface area contributed by atoms with Crippen LogP contribution in [-0.2, 0) is 9.47 Å². The van der Waals surface area contributed by atoms with Crippen molar-refractivity contribution in [3.63, 3.8) is 0 Å². The number of hydrogen-bond donors (Lipinski definition) is 2. The number of ether oxygens (including phenoxy) is 3. The first kappa shape index (κ1) is 24.0. The fourth-order valence-corrected chi connectivity index (χ4v) is 2.70. The number of halogens is 1. The zero-order valence-corrected chi connectivity index (χ0v) is 18.9. The quantitative estimate of drug-likeness (QED) is 0.216. The van der Waals surface area contributed by atoms with Gasteiger partial charge in [-0.2, -0.15) is 0 Å². The minimum Gasteiger partial charge on any atom is -0.494 e. The molecule has 2 rings (SSSR count). The van der Waals surface area contributed by atoms with Crippen LogP contribution in [-0.4, -0.2) is 58.6 Å². The van der Waals surface area contributed by atoms with Crippen LogP contribution < -0.4 is 15.4 Å². The van der Waals surface area contributed by atoms with Crippen LogP contribution in [0.5, 0.6) is 5.75 Å². The molecule has 1 unspecified atom stereocenters. The summed E-state index contributed by atoms with van der Waals surface area (Å²) in [5.41, 5.74) is 1.24. The molecule has 0 saturated carbocycles. The third-order valence-corrected chi connectivity index (χ3v) is 4.21. The smallest absolute Gasteiger partial charge is 0.190 e. The lowest BCUT2D eigenvalue weighted by molar-refractivity contribution is 0.0168. The van der Waals surface area contributed by atoms with E-state index in [4.69, 9.17) is 14.2 Å². The third kappa shape index (κ3) is 10.8. The van der Waals surface area contributed by atoms with E-state index in [2.05, 4.69) is 34.7 Å². The van der Waals surface area contributed by atoms with Crippen LogP contribution in [0.1, 0.15) is 31.2 Å². The molecule has 154 valence electrons. The molecular formula is C20H34IN3O3. The van der Waals surface area contributed by atoms with Crippen molar-refractivity contribution < 1.29 is 14.2 Å². The normalized spacial score (nSPS) is 16.7.